The Labute approximate surface area is 280 Å². The zero-order valence-electron chi connectivity index (χ0n) is 26.2. The van der Waals surface area contributed by atoms with E-state index in [2.05, 4.69) is 10.2 Å². The summed E-state index contributed by atoms with van der Waals surface area (Å²) in [6.45, 7) is 5.89. The van der Waals surface area contributed by atoms with Gasteiger partial charge in [-0.05, 0) is 124 Å². The van der Waals surface area contributed by atoms with Crippen LogP contribution in [0.15, 0.2) is 66.7 Å². The highest BCUT2D eigenvalue weighted by molar-refractivity contribution is 6.42. The number of anilines is 2. The summed E-state index contributed by atoms with van der Waals surface area (Å²) in [5, 5.41) is 3.56. The number of hydrogen-bond acceptors (Lipinski definition) is 4. The van der Waals surface area contributed by atoms with Gasteiger partial charge in [0.25, 0.3) is 5.91 Å². The standard InChI is InChI=1S/C36H41Cl2FN4O3/c1-25(44)40-31-9-5-28(6-10-31)35(45)42-21-15-29(16-22-42)36(46)43(32-11-12-33(37)34(38)24-32)18-2-17-41-19-13-27(14-20-41)23-26-3-7-30(39)8-4-26/h3-12,24,27,29H,2,13-23H2,1H3,(H,40,44). The monoisotopic (exact) mass is 666 g/mol. The van der Waals surface area contributed by atoms with Gasteiger partial charge in [-0.2, -0.15) is 0 Å². The molecule has 0 radical (unpaired) electrons. The Kier molecular flexibility index (Phi) is 11.7. The molecule has 0 bridgehead atoms. The topological polar surface area (TPSA) is 73.0 Å². The Bertz CT molecular complexity index is 1500. The number of nitrogens with zero attached hydrogens (tertiary/aromatic N) is 3. The van der Waals surface area contributed by atoms with Crippen LogP contribution in [0.25, 0.3) is 0 Å². The molecule has 5 rings (SSSR count). The van der Waals surface area contributed by atoms with E-state index in [4.69, 9.17) is 23.2 Å². The second kappa shape index (κ2) is 15.9. The third kappa shape index (κ3) is 9.08. The number of likely N-dealkylation sites (tertiary alicyclic amines) is 2. The molecule has 0 aromatic heterocycles. The fourth-order valence-corrected chi connectivity index (χ4v) is 6.76. The molecule has 7 nitrogen and oxygen atoms in total. The number of benzene rings is 3. The molecule has 0 saturated carbocycles. The molecular weight excluding hydrogens is 626 g/mol. The first-order valence-corrected chi connectivity index (χ1v) is 16.8. The highest BCUT2D eigenvalue weighted by Gasteiger charge is 2.31. The van der Waals surface area contributed by atoms with Crippen molar-refractivity contribution in [3.63, 3.8) is 0 Å². The summed E-state index contributed by atoms with van der Waals surface area (Å²) in [6, 6.07) is 19.0. The molecule has 2 aliphatic heterocycles. The van der Waals surface area contributed by atoms with Crippen LogP contribution in [-0.2, 0) is 16.0 Å². The Hall–Kier alpha value is -3.46. The quantitative estimate of drug-likeness (QED) is 0.246. The maximum Gasteiger partial charge on any atom is 0.253 e. The normalized spacial score (nSPS) is 16.3. The van der Waals surface area contributed by atoms with E-state index in [0.717, 1.165) is 51.0 Å². The molecule has 46 heavy (non-hydrogen) atoms. The minimum absolute atomic E-state index is 0.0446. The zero-order chi connectivity index (χ0) is 32.6. The lowest BCUT2D eigenvalue weighted by molar-refractivity contribution is -0.123. The van der Waals surface area contributed by atoms with E-state index in [1.54, 1.807) is 41.3 Å². The van der Waals surface area contributed by atoms with Crippen LogP contribution in [0.5, 0.6) is 0 Å². The predicted molar refractivity (Wildman–Crippen MR) is 182 cm³/mol. The summed E-state index contributed by atoms with van der Waals surface area (Å²) in [7, 11) is 0. The van der Waals surface area contributed by atoms with Crippen LogP contribution in [0.1, 0.15) is 54.9 Å². The van der Waals surface area contributed by atoms with Gasteiger partial charge in [0.1, 0.15) is 5.82 Å². The van der Waals surface area contributed by atoms with Gasteiger partial charge in [0.05, 0.1) is 10.0 Å². The Balaban J connectivity index is 1.14. The van der Waals surface area contributed by atoms with Gasteiger partial charge in [-0.15, -0.1) is 0 Å². The van der Waals surface area contributed by atoms with Crippen molar-refractivity contribution in [1.82, 2.24) is 9.80 Å². The number of carbonyl (C=O) groups is 3. The molecule has 2 heterocycles. The van der Waals surface area contributed by atoms with Crippen molar-refractivity contribution in [2.45, 2.75) is 45.4 Å². The van der Waals surface area contributed by atoms with Crippen LogP contribution in [0, 0.1) is 17.7 Å². The molecule has 0 aliphatic carbocycles. The summed E-state index contributed by atoms with van der Waals surface area (Å²) >= 11 is 12.6. The molecule has 1 N–H and O–H groups in total. The molecule has 3 amide bonds. The van der Waals surface area contributed by atoms with E-state index in [-0.39, 0.29) is 29.5 Å². The summed E-state index contributed by atoms with van der Waals surface area (Å²) in [5.74, 6) is -0.0121. The van der Waals surface area contributed by atoms with E-state index in [9.17, 15) is 18.8 Å². The van der Waals surface area contributed by atoms with Gasteiger partial charge < -0.3 is 20.0 Å². The average Bonchev–Trinajstić information content (AvgIpc) is 3.06. The van der Waals surface area contributed by atoms with Gasteiger partial charge in [0.2, 0.25) is 11.8 Å². The third-order valence-corrected chi connectivity index (χ3v) is 9.80. The maximum absolute atomic E-state index is 14.0. The molecule has 0 unspecified atom stereocenters. The van der Waals surface area contributed by atoms with Gasteiger partial charge in [0.15, 0.2) is 0 Å². The van der Waals surface area contributed by atoms with Crippen LogP contribution < -0.4 is 10.2 Å². The van der Waals surface area contributed by atoms with Crippen molar-refractivity contribution in [2.24, 2.45) is 11.8 Å². The molecule has 2 fully saturated rings. The first kappa shape index (κ1) is 33.9. The van der Waals surface area contributed by atoms with Crippen LogP contribution in [0.2, 0.25) is 10.0 Å². The largest absolute Gasteiger partial charge is 0.339 e. The summed E-state index contributed by atoms with van der Waals surface area (Å²) in [5.41, 5.74) is 3.11. The van der Waals surface area contributed by atoms with E-state index in [0.29, 0.717) is 59.7 Å². The first-order valence-electron chi connectivity index (χ1n) is 16.1. The molecule has 0 atom stereocenters. The van der Waals surface area contributed by atoms with E-state index >= 15 is 0 Å². The summed E-state index contributed by atoms with van der Waals surface area (Å²) in [6.07, 6.45) is 5.15. The molecule has 2 saturated heterocycles. The molecule has 244 valence electrons. The van der Waals surface area contributed by atoms with Gasteiger partial charge in [-0.25, -0.2) is 4.39 Å². The minimum Gasteiger partial charge on any atom is -0.339 e. The fourth-order valence-electron chi connectivity index (χ4n) is 6.47. The molecule has 2 aliphatic rings. The molecular formula is C36H41Cl2FN4O3. The van der Waals surface area contributed by atoms with Crippen LogP contribution in [0.3, 0.4) is 0 Å². The fraction of sp³-hybridized carbons (Fsp3) is 0.417. The third-order valence-electron chi connectivity index (χ3n) is 9.07. The molecule has 10 heteroatoms. The van der Waals surface area contributed by atoms with Crippen molar-refractivity contribution in [3.05, 3.63) is 93.7 Å². The second-order valence-electron chi connectivity index (χ2n) is 12.4. The maximum atomic E-state index is 14.0. The Morgan fingerprint density at radius 2 is 1.54 bits per heavy atom. The Morgan fingerprint density at radius 1 is 0.870 bits per heavy atom. The van der Waals surface area contributed by atoms with Crippen LogP contribution >= 0.6 is 23.2 Å². The number of nitrogens with one attached hydrogen (secondary N) is 1. The highest BCUT2D eigenvalue weighted by Crippen LogP contribution is 2.30. The lowest BCUT2D eigenvalue weighted by atomic mass is 9.90. The summed E-state index contributed by atoms with van der Waals surface area (Å²) < 4.78 is 13.3. The van der Waals surface area contributed by atoms with Crippen LogP contribution in [-0.4, -0.2) is 66.8 Å². The van der Waals surface area contributed by atoms with Crippen molar-refractivity contribution in [3.8, 4) is 0 Å². The van der Waals surface area contributed by atoms with Gasteiger partial charge >= 0.3 is 0 Å². The van der Waals surface area contributed by atoms with Gasteiger partial charge in [-0.1, -0.05) is 35.3 Å². The first-order chi connectivity index (χ1) is 22.2. The second-order valence-corrected chi connectivity index (χ2v) is 13.2. The number of halogens is 3. The number of piperidine rings is 2. The predicted octanol–water partition coefficient (Wildman–Crippen LogP) is 7.32. The number of hydrogen-bond donors (Lipinski definition) is 1. The van der Waals surface area contributed by atoms with E-state index in [1.807, 2.05) is 23.1 Å². The van der Waals surface area contributed by atoms with Crippen molar-refractivity contribution >= 4 is 52.3 Å². The molecule has 3 aromatic carbocycles. The van der Waals surface area contributed by atoms with E-state index in [1.165, 1.54) is 24.6 Å². The molecule has 0 spiro atoms. The van der Waals surface area contributed by atoms with Crippen molar-refractivity contribution in [1.29, 1.82) is 0 Å². The zero-order valence-corrected chi connectivity index (χ0v) is 27.7. The van der Waals surface area contributed by atoms with Gasteiger partial charge in [-0.3, -0.25) is 14.4 Å². The molecule has 3 aromatic rings. The number of amides is 3. The lowest BCUT2D eigenvalue weighted by Gasteiger charge is -2.35. The SMILES string of the molecule is CC(=O)Nc1ccc(C(=O)N2CCC(C(=O)N(CCCN3CCC(Cc4ccc(F)cc4)CC3)c3ccc(Cl)c(Cl)c3)CC2)cc1. The van der Waals surface area contributed by atoms with Crippen molar-refractivity contribution in [2.75, 3.05) is 49.5 Å². The minimum atomic E-state index is -0.206. The smallest absolute Gasteiger partial charge is 0.253 e. The van der Waals surface area contributed by atoms with Crippen LogP contribution in [0.4, 0.5) is 15.8 Å². The Morgan fingerprint density at radius 3 is 2.17 bits per heavy atom. The lowest BCUT2D eigenvalue weighted by Crippen LogP contribution is -2.45. The average molecular weight is 668 g/mol. The van der Waals surface area contributed by atoms with Gasteiger partial charge in [0, 0.05) is 49.4 Å². The van der Waals surface area contributed by atoms with E-state index < -0.39 is 0 Å². The summed E-state index contributed by atoms with van der Waals surface area (Å²) in [4.78, 5) is 44.5. The number of carbonyl (C=O) groups excluding carboxylic acids is 3. The van der Waals surface area contributed by atoms with Crippen molar-refractivity contribution < 1.29 is 18.8 Å². The highest BCUT2D eigenvalue weighted by atomic mass is 35.5. The number of rotatable bonds is 10.